The number of piperazine rings is 1. The number of nitrogens with zero attached hydrogens (tertiary/aromatic N) is 6. The number of carbonyl (C=O) groups is 3. The Morgan fingerprint density at radius 1 is 1.02 bits per heavy atom. The molecule has 0 saturated carbocycles. The van der Waals surface area contributed by atoms with E-state index < -0.39 is 12.2 Å². The molecule has 6 rings (SSSR count). The molecule has 2 aliphatic heterocycles. The van der Waals surface area contributed by atoms with Crippen molar-refractivity contribution in [3.05, 3.63) is 108 Å². The van der Waals surface area contributed by atoms with Crippen LogP contribution in [0.5, 0.6) is 5.75 Å². The Labute approximate surface area is 261 Å². The van der Waals surface area contributed by atoms with Crippen LogP contribution in [0.2, 0.25) is 0 Å². The van der Waals surface area contributed by atoms with E-state index in [9.17, 15) is 19.5 Å². The topological polar surface area (TPSA) is 114 Å². The van der Waals surface area contributed by atoms with Crippen LogP contribution in [0.15, 0.2) is 91.1 Å². The summed E-state index contributed by atoms with van der Waals surface area (Å²) in [6.45, 7) is 3.29. The number of allylic oxidation sites excluding steroid dienone is 2. The second-order valence-corrected chi connectivity index (χ2v) is 11.5. The van der Waals surface area contributed by atoms with Gasteiger partial charge in [-0.15, -0.1) is 0 Å². The number of hydrogen-bond acceptors (Lipinski definition) is 6. The largest absolute Gasteiger partial charge is 0.508 e. The van der Waals surface area contributed by atoms with E-state index >= 15 is 0 Å². The lowest BCUT2D eigenvalue weighted by Gasteiger charge is -2.54. The third kappa shape index (κ3) is 6.25. The van der Waals surface area contributed by atoms with E-state index in [-0.39, 0.29) is 49.7 Å². The fraction of sp³-hybridized carbons (Fsp3) is 0.294. The zero-order valence-corrected chi connectivity index (χ0v) is 25.4. The average molecular weight is 608 g/mol. The second-order valence-electron chi connectivity index (χ2n) is 11.5. The summed E-state index contributed by atoms with van der Waals surface area (Å²) >= 11 is 0. The minimum absolute atomic E-state index is 0.0441. The van der Waals surface area contributed by atoms with Gasteiger partial charge >= 0.3 is 6.03 Å². The number of benzene rings is 3. The van der Waals surface area contributed by atoms with Crippen molar-refractivity contribution in [2.45, 2.75) is 45.2 Å². The summed E-state index contributed by atoms with van der Waals surface area (Å²) in [5.41, 5.74) is 3.43. The number of phenols is 1. The van der Waals surface area contributed by atoms with E-state index in [0.29, 0.717) is 13.1 Å². The Bertz CT molecular complexity index is 1720. The molecule has 3 aromatic carbocycles. The molecule has 4 amide bonds. The lowest BCUT2D eigenvalue weighted by molar-refractivity contribution is -0.187. The van der Waals surface area contributed by atoms with Crippen LogP contribution in [0.25, 0.3) is 10.9 Å². The fourth-order valence-corrected chi connectivity index (χ4v) is 6.15. The Morgan fingerprint density at radius 2 is 1.80 bits per heavy atom. The molecular formula is C34H37N7O4. The van der Waals surface area contributed by atoms with E-state index in [2.05, 4.69) is 5.32 Å². The molecule has 45 heavy (non-hydrogen) atoms. The first kappa shape index (κ1) is 29.9. The van der Waals surface area contributed by atoms with Crippen molar-refractivity contribution in [2.24, 2.45) is 0 Å². The van der Waals surface area contributed by atoms with Gasteiger partial charge in [-0.1, -0.05) is 72.8 Å². The highest BCUT2D eigenvalue weighted by atomic mass is 16.3. The number of phenolic OH excluding ortho intramolecular Hbond substituents is 1. The van der Waals surface area contributed by atoms with Gasteiger partial charge in [-0.2, -0.15) is 5.10 Å². The Hall–Kier alpha value is -5.16. The number of fused-ring (bicyclic) bond motifs is 2. The molecule has 2 N–H and O–H groups in total. The zero-order valence-electron chi connectivity index (χ0n) is 25.4. The van der Waals surface area contributed by atoms with Crippen LogP contribution in [-0.2, 0) is 35.6 Å². The molecule has 2 fully saturated rings. The van der Waals surface area contributed by atoms with Crippen LogP contribution in [0, 0.1) is 0 Å². The molecule has 4 aromatic rings. The van der Waals surface area contributed by atoms with Crippen LogP contribution in [-0.4, -0.2) is 84.9 Å². The molecule has 3 heterocycles. The van der Waals surface area contributed by atoms with Crippen molar-refractivity contribution < 1.29 is 19.5 Å². The van der Waals surface area contributed by atoms with E-state index in [1.54, 1.807) is 51.1 Å². The predicted molar refractivity (Wildman–Crippen MR) is 169 cm³/mol. The summed E-state index contributed by atoms with van der Waals surface area (Å²) in [4.78, 5) is 44.9. The Morgan fingerprint density at radius 3 is 2.56 bits per heavy atom. The maximum atomic E-state index is 14.3. The molecule has 2 aliphatic rings. The number of amides is 4. The summed E-state index contributed by atoms with van der Waals surface area (Å²) in [6, 6.07) is 21.0. The summed E-state index contributed by atoms with van der Waals surface area (Å²) < 4.78 is 1.87. The van der Waals surface area contributed by atoms with Crippen molar-refractivity contribution in [1.29, 1.82) is 0 Å². The quantitative estimate of drug-likeness (QED) is 0.297. The highest BCUT2D eigenvalue weighted by Crippen LogP contribution is 2.30. The first-order chi connectivity index (χ1) is 21.8. The lowest BCUT2D eigenvalue weighted by Crippen LogP contribution is -2.76. The Kier molecular flexibility index (Phi) is 8.52. The monoisotopic (exact) mass is 607 g/mol. The minimum Gasteiger partial charge on any atom is -0.508 e. The van der Waals surface area contributed by atoms with Crippen LogP contribution in [0.3, 0.4) is 0 Å². The number of hydrazine groups is 1. The van der Waals surface area contributed by atoms with E-state index in [4.69, 9.17) is 5.10 Å². The molecule has 0 radical (unpaired) electrons. The third-order valence-corrected chi connectivity index (χ3v) is 8.36. The van der Waals surface area contributed by atoms with Crippen LogP contribution in [0.4, 0.5) is 4.79 Å². The molecule has 0 spiro atoms. The smallest absolute Gasteiger partial charge is 0.334 e. The van der Waals surface area contributed by atoms with Gasteiger partial charge in [-0.3, -0.25) is 14.3 Å². The van der Waals surface area contributed by atoms with Gasteiger partial charge in [-0.05, 0) is 35.7 Å². The van der Waals surface area contributed by atoms with Crippen molar-refractivity contribution in [3.8, 4) is 5.75 Å². The first-order valence-electron chi connectivity index (χ1n) is 15.1. The number of hydrogen-bond donors (Lipinski definition) is 2. The van der Waals surface area contributed by atoms with Gasteiger partial charge in [0.25, 0.3) is 0 Å². The number of likely N-dealkylation sites (N-methyl/N-ethyl adjacent to an activating group) is 1. The molecule has 11 nitrogen and oxygen atoms in total. The number of rotatable bonds is 8. The average Bonchev–Trinajstić information content (AvgIpc) is 3.46. The maximum Gasteiger partial charge on any atom is 0.334 e. The number of aromatic hydroxyl groups is 1. The number of carbonyl (C=O) groups excluding carboxylic acids is 3. The standard InChI is InChI=1S/C34H37N7O4/c1-3-4-17-39-21-27-12-8-11-26(32(27)36-39)20-38-22-30-40(29(33(38)44)18-24-13-15-28(42)16-14-24)31(43)23-37(2)41(30)34(45)35-19-25-9-6-5-7-10-25/h3-16,21,29-30,42H,17-20,22-23H2,1-2H3,(H,35,45)/b4-3-/t29-,30-/m0/s1. The number of nitrogens with one attached hydrogen (secondary N) is 1. The minimum atomic E-state index is -0.842. The van der Waals surface area contributed by atoms with Crippen LogP contribution >= 0.6 is 0 Å². The lowest BCUT2D eigenvalue weighted by atomic mass is 9.98. The first-order valence-corrected chi connectivity index (χ1v) is 15.1. The van der Waals surface area contributed by atoms with Gasteiger partial charge in [0.1, 0.15) is 18.0 Å². The zero-order chi connectivity index (χ0) is 31.5. The van der Waals surface area contributed by atoms with Crippen molar-refractivity contribution >= 4 is 28.7 Å². The molecule has 2 atom stereocenters. The molecular weight excluding hydrogens is 570 g/mol. The van der Waals surface area contributed by atoms with Crippen molar-refractivity contribution in [3.63, 3.8) is 0 Å². The SMILES string of the molecule is C/C=C\Cn1cc2cccc(CN3C[C@H]4N(C(=O)CN(C)N4C(=O)NCc4ccccc4)[C@@H](Cc4ccc(O)cc4)C3=O)c2n1. The second kappa shape index (κ2) is 12.8. The summed E-state index contributed by atoms with van der Waals surface area (Å²) in [6.07, 6.45) is 5.50. The molecule has 1 aromatic heterocycles. The number of urea groups is 1. The van der Waals surface area contributed by atoms with Gasteiger partial charge < -0.3 is 20.2 Å². The van der Waals surface area contributed by atoms with Gasteiger partial charge in [0.2, 0.25) is 11.8 Å². The van der Waals surface area contributed by atoms with Gasteiger partial charge in [-0.25, -0.2) is 14.8 Å². The summed E-state index contributed by atoms with van der Waals surface area (Å²) in [7, 11) is 1.71. The number of aromatic nitrogens is 2. The molecule has 0 unspecified atom stereocenters. The van der Waals surface area contributed by atoms with Gasteiger partial charge in [0.05, 0.1) is 25.2 Å². The maximum absolute atomic E-state index is 14.3. The molecule has 2 saturated heterocycles. The van der Waals surface area contributed by atoms with E-state index in [0.717, 1.165) is 27.6 Å². The van der Waals surface area contributed by atoms with E-state index in [1.807, 2.05) is 78.5 Å². The normalized spacial score (nSPS) is 19.0. The predicted octanol–water partition coefficient (Wildman–Crippen LogP) is 3.50. The third-order valence-electron chi connectivity index (χ3n) is 8.36. The van der Waals surface area contributed by atoms with Gasteiger partial charge in [0, 0.05) is 38.1 Å². The van der Waals surface area contributed by atoms with Gasteiger partial charge in [0.15, 0.2) is 0 Å². The summed E-state index contributed by atoms with van der Waals surface area (Å²) in [5, 5.41) is 21.8. The molecule has 0 bridgehead atoms. The van der Waals surface area contributed by atoms with Crippen LogP contribution < -0.4 is 5.32 Å². The summed E-state index contributed by atoms with van der Waals surface area (Å²) in [5.74, 6) is -0.310. The Balaban J connectivity index is 1.33. The van der Waals surface area contributed by atoms with Crippen molar-refractivity contribution in [1.82, 2.24) is 34.9 Å². The highest BCUT2D eigenvalue weighted by molar-refractivity contribution is 5.92. The highest BCUT2D eigenvalue weighted by Gasteiger charge is 2.50. The molecule has 232 valence electrons. The molecule has 11 heteroatoms. The van der Waals surface area contributed by atoms with Crippen LogP contribution in [0.1, 0.15) is 23.6 Å². The fourth-order valence-electron chi connectivity index (χ4n) is 6.15. The van der Waals surface area contributed by atoms with Crippen molar-refractivity contribution in [2.75, 3.05) is 20.1 Å². The molecule has 0 aliphatic carbocycles. The van der Waals surface area contributed by atoms with E-state index in [1.165, 1.54) is 0 Å².